The van der Waals surface area contributed by atoms with Crippen LogP contribution in [0.25, 0.3) is 0 Å². The first-order valence-electron chi connectivity index (χ1n) is 9.23. The normalized spacial score (nSPS) is 13.1. The summed E-state index contributed by atoms with van der Waals surface area (Å²) < 4.78 is 35.3. The minimum absolute atomic E-state index is 0.121. The molecular weight excluding hydrogens is 398 g/mol. The number of nitrogens with one attached hydrogen (secondary N) is 2. The van der Waals surface area contributed by atoms with Gasteiger partial charge in [0.05, 0.1) is 27.8 Å². The molecule has 8 heteroatoms. The van der Waals surface area contributed by atoms with Crippen LogP contribution in [0.2, 0.25) is 0 Å². The molecule has 2 N–H and O–H groups in total. The number of carbonyl (C=O) groups excluding carboxylic acids is 1. The lowest BCUT2D eigenvalue weighted by Crippen LogP contribution is -3.14. The number of likely N-dealkylation sites (N-methyl/N-ethyl adjacent to an activating group) is 1. The Bertz CT molecular complexity index is 803. The highest BCUT2D eigenvalue weighted by Gasteiger charge is 2.22. The number of quaternary nitrogens is 1. The molecule has 2 rings (SSSR count). The number of ether oxygens (including phenoxy) is 2. The number of thioether (sulfide) groups is 1. The van der Waals surface area contributed by atoms with Crippen molar-refractivity contribution in [1.82, 2.24) is 0 Å². The lowest BCUT2D eigenvalue weighted by molar-refractivity contribution is -0.893. The topological polar surface area (TPSA) is 52.0 Å². The van der Waals surface area contributed by atoms with E-state index in [1.54, 1.807) is 38.5 Å². The Morgan fingerprint density at radius 3 is 2.34 bits per heavy atom. The summed E-state index contributed by atoms with van der Waals surface area (Å²) in [5.41, 5.74) is 1.69. The SMILES string of the molecule is COc1ccc(CC[NH+](C)[C@H](C)C(=O)Nc2ccc(SC(F)F)cc2)cc1OC. The van der Waals surface area contributed by atoms with Crippen molar-refractivity contribution in [2.75, 3.05) is 33.1 Å². The Labute approximate surface area is 174 Å². The van der Waals surface area contributed by atoms with E-state index in [1.165, 1.54) is 0 Å². The molecule has 0 aliphatic heterocycles. The van der Waals surface area contributed by atoms with Crippen LogP contribution in [0.5, 0.6) is 11.5 Å². The minimum Gasteiger partial charge on any atom is -0.493 e. The molecule has 0 heterocycles. The van der Waals surface area contributed by atoms with E-state index >= 15 is 0 Å². The molecular formula is C21H27F2N2O3S+. The molecule has 2 atom stereocenters. The maximum absolute atomic E-state index is 12.5. The number of benzene rings is 2. The zero-order chi connectivity index (χ0) is 21.4. The van der Waals surface area contributed by atoms with Crippen molar-refractivity contribution in [1.29, 1.82) is 0 Å². The molecule has 2 aromatic rings. The third-order valence-corrected chi connectivity index (χ3v) is 5.46. The Morgan fingerprint density at radius 2 is 1.76 bits per heavy atom. The van der Waals surface area contributed by atoms with Gasteiger partial charge in [0, 0.05) is 17.0 Å². The first kappa shape index (κ1) is 23.0. The van der Waals surface area contributed by atoms with Crippen LogP contribution in [-0.2, 0) is 11.2 Å². The highest BCUT2D eigenvalue weighted by molar-refractivity contribution is 7.99. The van der Waals surface area contributed by atoms with Gasteiger partial charge in [0.15, 0.2) is 17.5 Å². The molecule has 29 heavy (non-hydrogen) atoms. The second-order valence-corrected chi connectivity index (χ2v) is 7.71. The third kappa shape index (κ3) is 6.90. The Morgan fingerprint density at radius 1 is 1.10 bits per heavy atom. The molecule has 1 unspecified atom stereocenters. The molecule has 0 aliphatic rings. The zero-order valence-electron chi connectivity index (χ0n) is 17.0. The van der Waals surface area contributed by atoms with Gasteiger partial charge in [0.25, 0.3) is 11.7 Å². The van der Waals surface area contributed by atoms with E-state index in [2.05, 4.69) is 5.32 Å². The average Bonchev–Trinajstić information content (AvgIpc) is 2.72. The highest BCUT2D eigenvalue weighted by Crippen LogP contribution is 2.27. The molecule has 0 aliphatic carbocycles. The van der Waals surface area contributed by atoms with Crippen LogP contribution in [0.1, 0.15) is 12.5 Å². The summed E-state index contributed by atoms with van der Waals surface area (Å²) in [6.45, 7) is 2.62. The smallest absolute Gasteiger partial charge is 0.288 e. The highest BCUT2D eigenvalue weighted by atomic mass is 32.2. The van der Waals surface area contributed by atoms with E-state index in [9.17, 15) is 13.6 Å². The minimum atomic E-state index is -2.46. The maximum atomic E-state index is 12.5. The Balaban J connectivity index is 1.88. The summed E-state index contributed by atoms with van der Waals surface area (Å²) in [6, 6.07) is 11.9. The first-order chi connectivity index (χ1) is 13.8. The largest absolute Gasteiger partial charge is 0.493 e. The van der Waals surface area contributed by atoms with Crippen molar-refractivity contribution in [3.05, 3.63) is 48.0 Å². The number of hydrogen-bond donors (Lipinski definition) is 2. The summed E-state index contributed by atoms with van der Waals surface area (Å²) in [7, 11) is 5.17. The van der Waals surface area contributed by atoms with Gasteiger partial charge >= 0.3 is 0 Å². The molecule has 0 aromatic heterocycles. The standard InChI is InChI=1S/C21H26F2N2O3S/c1-14(20(26)24-16-6-8-17(9-7-16)29-21(22)23)25(2)12-11-15-5-10-18(27-3)19(13-15)28-4/h5-10,13-14,21H,11-12H2,1-4H3,(H,24,26)/p+1/t14-/m1/s1. The van der Waals surface area contributed by atoms with Gasteiger partial charge in [0.1, 0.15) is 0 Å². The van der Waals surface area contributed by atoms with Crippen molar-refractivity contribution < 1.29 is 27.9 Å². The lowest BCUT2D eigenvalue weighted by atomic mass is 10.1. The van der Waals surface area contributed by atoms with Gasteiger partial charge in [-0.2, -0.15) is 8.78 Å². The number of methoxy groups -OCH3 is 2. The first-order valence-corrected chi connectivity index (χ1v) is 10.1. The monoisotopic (exact) mass is 425 g/mol. The quantitative estimate of drug-likeness (QED) is 0.575. The van der Waals surface area contributed by atoms with Crippen LogP contribution in [-0.4, -0.2) is 45.5 Å². The van der Waals surface area contributed by atoms with Crippen LogP contribution in [0.4, 0.5) is 14.5 Å². The molecule has 2 aromatic carbocycles. The van der Waals surface area contributed by atoms with Gasteiger partial charge in [0.2, 0.25) is 0 Å². The van der Waals surface area contributed by atoms with Crippen molar-refractivity contribution >= 4 is 23.4 Å². The van der Waals surface area contributed by atoms with Gasteiger partial charge in [-0.1, -0.05) is 17.8 Å². The molecule has 5 nitrogen and oxygen atoms in total. The van der Waals surface area contributed by atoms with E-state index < -0.39 is 5.76 Å². The fourth-order valence-corrected chi connectivity index (χ4v) is 3.29. The van der Waals surface area contributed by atoms with Gasteiger partial charge in [-0.3, -0.25) is 4.79 Å². The Hall–Kier alpha value is -2.32. The third-order valence-electron chi connectivity index (χ3n) is 4.74. The van der Waals surface area contributed by atoms with Crippen LogP contribution < -0.4 is 19.7 Å². The number of halogens is 2. The van der Waals surface area contributed by atoms with Crippen molar-refractivity contribution in [3.63, 3.8) is 0 Å². The lowest BCUT2D eigenvalue weighted by Gasteiger charge is -2.21. The number of hydrogen-bond acceptors (Lipinski definition) is 4. The molecule has 0 radical (unpaired) electrons. The number of amides is 1. The van der Waals surface area contributed by atoms with Gasteiger partial charge < -0.3 is 19.7 Å². The number of alkyl halides is 2. The summed E-state index contributed by atoms with van der Waals surface area (Å²) in [4.78, 5) is 14.0. The number of anilines is 1. The van der Waals surface area contributed by atoms with Crippen LogP contribution in [0.3, 0.4) is 0 Å². The van der Waals surface area contributed by atoms with E-state index in [0.29, 0.717) is 33.8 Å². The van der Waals surface area contributed by atoms with Crippen molar-refractivity contribution in [2.45, 2.75) is 30.0 Å². The second kappa shape index (κ2) is 11.0. The van der Waals surface area contributed by atoms with Crippen molar-refractivity contribution in [2.24, 2.45) is 0 Å². The predicted octanol–water partition coefficient (Wildman–Crippen LogP) is 3.10. The average molecular weight is 426 g/mol. The number of rotatable bonds is 10. The summed E-state index contributed by atoms with van der Waals surface area (Å²) >= 11 is 0.480. The van der Waals surface area contributed by atoms with Gasteiger partial charge in [-0.25, -0.2) is 0 Å². The molecule has 0 spiro atoms. The molecule has 158 valence electrons. The molecule has 0 bridgehead atoms. The van der Waals surface area contributed by atoms with Gasteiger partial charge in [-0.15, -0.1) is 0 Å². The molecule has 1 amide bonds. The van der Waals surface area contributed by atoms with E-state index in [4.69, 9.17) is 9.47 Å². The maximum Gasteiger partial charge on any atom is 0.288 e. The zero-order valence-corrected chi connectivity index (χ0v) is 17.8. The summed E-state index contributed by atoms with van der Waals surface area (Å²) in [5.74, 6) is -1.22. The van der Waals surface area contributed by atoms with Crippen LogP contribution >= 0.6 is 11.8 Å². The molecule has 0 fully saturated rings. The predicted molar refractivity (Wildman–Crippen MR) is 111 cm³/mol. The van der Waals surface area contributed by atoms with E-state index in [0.717, 1.165) is 23.4 Å². The van der Waals surface area contributed by atoms with Gasteiger partial charge in [-0.05, 0) is 48.9 Å². The Kier molecular flexibility index (Phi) is 8.72. The van der Waals surface area contributed by atoms with Crippen molar-refractivity contribution in [3.8, 4) is 11.5 Å². The fraction of sp³-hybridized carbons (Fsp3) is 0.381. The van der Waals surface area contributed by atoms with E-state index in [1.807, 2.05) is 32.2 Å². The number of carbonyl (C=O) groups is 1. The second-order valence-electron chi connectivity index (χ2n) is 6.65. The molecule has 0 saturated carbocycles. The molecule has 0 saturated heterocycles. The fourth-order valence-electron chi connectivity index (χ4n) is 2.79. The van der Waals surface area contributed by atoms with Crippen LogP contribution in [0.15, 0.2) is 47.4 Å². The van der Waals surface area contributed by atoms with Crippen LogP contribution in [0, 0.1) is 0 Å². The summed E-state index contributed by atoms with van der Waals surface area (Å²) in [5, 5.41) is 2.84. The summed E-state index contributed by atoms with van der Waals surface area (Å²) in [6.07, 6.45) is 0.781. The van der Waals surface area contributed by atoms with E-state index in [-0.39, 0.29) is 11.9 Å².